The zero-order chi connectivity index (χ0) is 20.1. The van der Waals surface area contributed by atoms with E-state index < -0.39 is 11.2 Å². The number of anilines is 2. The van der Waals surface area contributed by atoms with Crippen molar-refractivity contribution in [2.75, 3.05) is 10.2 Å². The molecule has 0 aliphatic carbocycles. The summed E-state index contributed by atoms with van der Waals surface area (Å²) in [6.07, 6.45) is -0.193. The normalized spacial score (nSPS) is 16.3. The highest BCUT2D eigenvalue weighted by Gasteiger charge is 2.40. The van der Waals surface area contributed by atoms with E-state index in [9.17, 15) is 19.2 Å². The summed E-state index contributed by atoms with van der Waals surface area (Å²) in [5.74, 6) is -1.87. The number of benzene rings is 2. The van der Waals surface area contributed by atoms with Gasteiger partial charge in [-0.1, -0.05) is 18.2 Å². The quantitative estimate of drug-likeness (QED) is 0.695. The Bertz CT molecular complexity index is 899. The summed E-state index contributed by atoms with van der Waals surface area (Å²) >= 11 is 1.30. The predicted octanol–water partition coefficient (Wildman–Crippen LogP) is 2.91. The standard InChI is InChI=1S/C20H18N2O5S/c23-17(10-11-19(25)26)21-13-6-8-15(9-7-13)28-16-12-18(24)22(20(16)27)14-4-2-1-3-5-14/h1-9,16H,10-12H2,(H,21,23)(H,25,26)/t16-/m0/s1. The van der Waals surface area contributed by atoms with Gasteiger partial charge in [0, 0.05) is 23.4 Å². The second kappa shape index (κ2) is 8.71. The van der Waals surface area contributed by atoms with Crippen LogP contribution in [-0.4, -0.2) is 34.0 Å². The summed E-state index contributed by atoms with van der Waals surface area (Å²) in [6, 6.07) is 15.7. The van der Waals surface area contributed by atoms with Crippen LogP contribution in [0.1, 0.15) is 19.3 Å². The number of aliphatic carboxylic acids is 1. The van der Waals surface area contributed by atoms with E-state index in [4.69, 9.17) is 5.11 Å². The zero-order valence-corrected chi connectivity index (χ0v) is 15.6. The Kier molecular flexibility index (Phi) is 6.10. The summed E-state index contributed by atoms with van der Waals surface area (Å²) in [5, 5.41) is 10.7. The maximum Gasteiger partial charge on any atom is 0.303 e. The average molecular weight is 398 g/mol. The molecule has 1 aliphatic rings. The van der Waals surface area contributed by atoms with Gasteiger partial charge in [-0.25, -0.2) is 4.90 Å². The molecule has 3 rings (SSSR count). The van der Waals surface area contributed by atoms with E-state index in [1.54, 1.807) is 48.5 Å². The number of carboxylic acids is 1. The van der Waals surface area contributed by atoms with Crippen molar-refractivity contribution >= 4 is 46.8 Å². The fraction of sp³-hybridized carbons (Fsp3) is 0.200. The van der Waals surface area contributed by atoms with Crippen molar-refractivity contribution in [1.29, 1.82) is 0 Å². The summed E-state index contributed by atoms with van der Waals surface area (Å²) in [4.78, 5) is 49.1. The molecule has 2 N–H and O–H groups in total. The molecule has 0 aromatic heterocycles. The molecule has 2 aromatic rings. The Morgan fingerprint density at radius 2 is 1.71 bits per heavy atom. The van der Waals surface area contributed by atoms with Crippen molar-refractivity contribution in [3.8, 4) is 0 Å². The predicted molar refractivity (Wildman–Crippen MR) is 105 cm³/mol. The highest BCUT2D eigenvalue weighted by Crippen LogP contribution is 2.34. The number of carbonyl (C=O) groups excluding carboxylic acids is 3. The number of imide groups is 1. The molecule has 1 heterocycles. The number of thioether (sulfide) groups is 1. The number of hydrogen-bond acceptors (Lipinski definition) is 5. The van der Waals surface area contributed by atoms with E-state index >= 15 is 0 Å². The molecular formula is C20H18N2O5S. The van der Waals surface area contributed by atoms with E-state index in [-0.39, 0.29) is 37.0 Å². The molecule has 0 radical (unpaired) electrons. The van der Waals surface area contributed by atoms with Crippen LogP contribution in [0.2, 0.25) is 0 Å². The fourth-order valence-corrected chi connectivity index (χ4v) is 3.82. The zero-order valence-electron chi connectivity index (χ0n) is 14.8. The van der Waals surface area contributed by atoms with Crippen molar-refractivity contribution in [3.63, 3.8) is 0 Å². The van der Waals surface area contributed by atoms with Crippen molar-refractivity contribution in [1.82, 2.24) is 0 Å². The summed E-state index contributed by atoms with van der Waals surface area (Å²) < 4.78 is 0. The van der Waals surface area contributed by atoms with Gasteiger partial charge < -0.3 is 10.4 Å². The first-order chi connectivity index (χ1) is 13.4. The molecule has 1 aliphatic heterocycles. The first kappa shape index (κ1) is 19.6. The Morgan fingerprint density at radius 1 is 1.04 bits per heavy atom. The van der Waals surface area contributed by atoms with Crippen LogP contribution in [0.4, 0.5) is 11.4 Å². The van der Waals surface area contributed by atoms with Crippen LogP contribution in [0.3, 0.4) is 0 Å². The van der Waals surface area contributed by atoms with E-state index in [0.29, 0.717) is 11.4 Å². The van der Waals surface area contributed by atoms with E-state index in [1.807, 2.05) is 6.07 Å². The number of para-hydroxylation sites is 1. The lowest BCUT2D eigenvalue weighted by molar-refractivity contribution is -0.138. The second-order valence-electron chi connectivity index (χ2n) is 6.18. The third-order valence-corrected chi connectivity index (χ3v) is 5.30. The van der Waals surface area contributed by atoms with Gasteiger partial charge in [0.25, 0.3) is 0 Å². The molecule has 7 nitrogen and oxygen atoms in total. The van der Waals surface area contributed by atoms with Crippen LogP contribution < -0.4 is 10.2 Å². The van der Waals surface area contributed by atoms with Crippen LogP contribution in [0.15, 0.2) is 59.5 Å². The lowest BCUT2D eigenvalue weighted by Gasteiger charge is -2.14. The topological polar surface area (TPSA) is 104 Å². The van der Waals surface area contributed by atoms with Gasteiger partial charge in [0.2, 0.25) is 17.7 Å². The molecule has 1 fully saturated rings. The monoisotopic (exact) mass is 398 g/mol. The summed E-state index contributed by atoms with van der Waals surface area (Å²) in [5.41, 5.74) is 1.11. The van der Waals surface area contributed by atoms with Gasteiger partial charge in [-0.3, -0.25) is 19.2 Å². The molecule has 144 valence electrons. The van der Waals surface area contributed by atoms with Crippen molar-refractivity contribution in [2.24, 2.45) is 0 Å². The van der Waals surface area contributed by atoms with Gasteiger partial charge in [-0.05, 0) is 36.4 Å². The number of carboxylic acid groups (broad SMARTS) is 1. The third kappa shape index (κ3) is 4.77. The average Bonchev–Trinajstić information content (AvgIpc) is 2.95. The molecule has 1 saturated heterocycles. The van der Waals surface area contributed by atoms with Crippen molar-refractivity contribution < 1.29 is 24.3 Å². The Labute approximate surface area is 165 Å². The third-order valence-electron chi connectivity index (χ3n) is 4.10. The van der Waals surface area contributed by atoms with Gasteiger partial charge in [-0.2, -0.15) is 0 Å². The van der Waals surface area contributed by atoms with Gasteiger partial charge in [0.15, 0.2) is 0 Å². The lowest BCUT2D eigenvalue weighted by atomic mass is 10.2. The van der Waals surface area contributed by atoms with Gasteiger partial charge >= 0.3 is 5.97 Å². The number of amides is 3. The Hall–Kier alpha value is -3.13. The minimum Gasteiger partial charge on any atom is -0.481 e. The minimum absolute atomic E-state index is 0.0974. The number of nitrogens with one attached hydrogen (secondary N) is 1. The molecule has 0 bridgehead atoms. The Morgan fingerprint density at radius 3 is 2.36 bits per heavy atom. The smallest absolute Gasteiger partial charge is 0.303 e. The number of hydrogen-bond donors (Lipinski definition) is 2. The highest BCUT2D eigenvalue weighted by atomic mass is 32.2. The van der Waals surface area contributed by atoms with Crippen molar-refractivity contribution in [3.05, 3.63) is 54.6 Å². The highest BCUT2D eigenvalue weighted by molar-refractivity contribution is 8.00. The molecule has 0 unspecified atom stereocenters. The van der Waals surface area contributed by atoms with Crippen molar-refractivity contribution in [2.45, 2.75) is 29.4 Å². The van der Waals surface area contributed by atoms with E-state index in [2.05, 4.69) is 5.32 Å². The number of nitrogens with zero attached hydrogens (tertiary/aromatic N) is 1. The molecule has 3 amide bonds. The number of carbonyl (C=O) groups is 4. The van der Waals surface area contributed by atoms with E-state index in [0.717, 1.165) is 4.90 Å². The fourth-order valence-electron chi connectivity index (χ4n) is 2.77. The SMILES string of the molecule is O=C(O)CCC(=O)Nc1ccc(S[C@H]2CC(=O)N(c3ccccc3)C2=O)cc1. The van der Waals surface area contributed by atoms with Crippen LogP contribution in [0.5, 0.6) is 0 Å². The maximum atomic E-state index is 12.6. The molecule has 0 spiro atoms. The summed E-state index contributed by atoms with van der Waals surface area (Å²) in [6.45, 7) is 0. The van der Waals surface area contributed by atoms with Crippen LogP contribution >= 0.6 is 11.8 Å². The molecule has 0 saturated carbocycles. The van der Waals surface area contributed by atoms with Gasteiger partial charge in [-0.15, -0.1) is 11.8 Å². The van der Waals surface area contributed by atoms with E-state index in [1.165, 1.54) is 16.7 Å². The first-order valence-corrected chi connectivity index (χ1v) is 9.52. The molecule has 2 aromatic carbocycles. The van der Waals surface area contributed by atoms with Crippen LogP contribution in [0.25, 0.3) is 0 Å². The largest absolute Gasteiger partial charge is 0.481 e. The lowest BCUT2D eigenvalue weighted by Crippen LogP contribution is -2.30. The van der Waals surface area contributed by atoms with Crippen LogP contribution in [0, 0.1) is 0 Å². The molecule has 1 atom stereocenters. The van der Waals surface area contributed by atoms with Crippen LogP contribution in [-0.2, 0) is 19.2 Å². The summed E-state index contributed by atoms with van der Waals surface area (Å²) in [7, 11) is 0. The maximum absolute atomic E-state index is 12.6. The first-order valence-electron chi connectivity index (χ1n) is 8.64. The minimum atomic E-state index is -1.03. The Balaban J connectivity index is 1.60. The van der Waals surface area contributed by atoms with Gasteiger partial charge in [0.05, 0.1) is 17.4 Å². The second-order valence-corrected chi connectivity index (χ2v) is 7.46. The van der Waals surface area contributed by atoms with Gasteiger partial charge in [0.1, 0.15) is 0 Å². The molecule has 8 heteroatoms. The molecule has 28 heavy (non-hydrogen) atoms. The number of rotatable bonds is 7. The molecular weight excluding hydrogens is 380 g/mol.